The van der Waals surface area contributed by atoms with Crippen LogP contribution in [0.15, 0.2) is 29.8 Å². The van der Waals surface area contributed by atoms with Crippen molar-refractivity contribution >= 4 is 26.5 Å². The van der Waals surface area contributed by atoms with Crippen molar-refractivity contribution in [3.8, 4) is 0 Å². The summed E-state index contributed by atoms with van der Waals surface area (Å²) in [6, 6.07) is 7.20. The summed E-state index contributed by atoms with van der Waals surface area (Å²) in [5, 5.41) is 3.79. The molecule has 1 fully saturated rings. The Morgan fingerprint density at radius 3 is 2.57 bits per heavy atom. The van der Waals surface area contributed by atoms with Crippen molar-refractivity contribution in [1.29, 1.82) is 0 Å². The van der Waals surface area contributed by atoms with E-state index >= 15 is 0 Å². The molecule has 1 saturated carbocycles. The number of likely N-dealkylation sites (N-methyl/N-ethyl adjacent to an activating group) is 1. The highest BCUT2D eigenvalue weighted by atomic mass is 35.5. The number of rotatable bonds is 4. The van der Waals surface area contributed by atoms with E-state index in [0.29, 0.717) is 22.0 Å². The van der Waals surface area contributed by atoms with Crippen molar-refractivity contribution in [2.75, 3.05) is 13.1 Å². The molecule has 126 valence electrons. The first-order valence-corrected chi connectivity index (χ1v) is 10.1. The van der Waals surface area contributed by atoms with Gasteiger partial charge in [-0.25, -0.2) is 13.1 Å². The van der Waals surface area contributed by atoms with Gasteiger partial charge in [-0.3, -0.25) is 0 Å². The summed E-state index contributed by atoms with van der Waals surface area (Å²) < 4.78 is 28.8. The fourth-order valence-electron chi connectivity index (χ4n) is 3.76. The van der Waals surface area contributed by atoms with Gasteiger partial charge in [0.05, 0.1) is 10.4 Å². The molecule has 2 N–H and O–H groups in total. The molecular formula is C17H23ClN2O2S. The van der Waals surface area contributed by atoms with Crippen LogP contribution in [0.25, 0.3) is 4.91 Å². The zero-order valence-electron chi connectivity index (χ0n) is 13.4. The molecule has 23 heavy (non-hydrogen) atoms. The second kappa shape index (κ2) is 6.55. The number of benzene rings is 1. The lowest BCUT2D eigenvalue weighted by atomic mass is 9.76. The van der Waals surface area contributed by atoms with Gasteiger partial charge >= 0.3 is 0 Å². The normalized spacial score (nSPS) is 22.7. The Labute approximate surface area is 143 Å². The van der Waals surface area contributed by atoms with Gasteiger partial charge < -0.3 is 5.32 Å². The first kappa shape index (κ1) is 17.0. The van der Waals surface area contributed by atoms with Crippen LogP contribution in [0.4, 0.5) is 0 Å². The molecule has 0 amide bonds. The van der Waals surface area contributed by atoms with Crippen LogP contribution in [0.1, 0.15) is 44.6 Å². The highest BCUT2D eigenvalue weighted by molar-refractivity contribution is 7.99. The average Bonchev–Trinajstić information content (AvgIpc) is 2.73. The zero-order valence-corrected chi connectivity index (χ0v) is 14.9. The molecule has 0 radical (unpaired) electrons. The highest BCUT2D eigenvalue weighted by Crippen LogP contribution is 2.46. The predicted molar refractivity (Wildman–Crippen MR) is 94.8 cm³/mol. The molecule has 1 aliphatic carbocycles. The van der Waals surface area contributed by atoms with Crippen molar-refractivity contribution in [3.05, 3.63) is 40.4 Å². The van der Waals surface area contributed by atoms with Crippen LogP contribution < -0.4 is 10.0 Å². The van der Waals surface area contributed by atoms with E-state index in [9.17, 15) is 8.42 Å². The third-order valence-electron chi connectivity index (χ3n) is 4.83. The van der Waals surface area contributed by atoms with Crippen LogP contribution in [-0.2, 0) is 10.0 Å². The predicted octanol–water partition coefficient (Wildman–Crippen LogP) is 3.30. The summed E-state index contributed by atoms with van der Waals surface area (Å²) in [6.45, 7) is 3.40. The van der Waals surface area contributed by atoms with Gasteiger partial charge in [-0.05, 0) is 31.0 Å². The zero-order chi connectivity index (χ0) is 16.5. The minimum Gasteiger partial charge on any atom is -0.313 e. The Hall–Kier alpha value is -0.880. The summed E-state index contributed by atoms with van der Waals surface area (Å²) in [7, 11) is -3.55. The lowest BCUT2D eigenvalue weighted by Crippen LogP contribution is -2.47. The summed E-state index contributed by atoms with van der Waals surface area (Å²) >= 11 is 6.31. The summed E-state index contributed by atoms with van der Waals surface area (Å²) in [6.07, 6.45) is 4.99. The van der Waals surface area contributed by atoms with Gasteiger partial charge in [-0.2, -0.15) is 0 Å². The molecule has 3 rings (SSSR count). The van der Waals surface area contributed by atoms with E-state index in [-0.39, 0.29) is 0 Å². The highest BCUT2D eigenvalue weighted by Gasteiger charge is 2.49. The molecule has 0 aromatic heterocycles. The first-order chi connectivity index (χ1) is 11.0. The molecule has 1 aromatic rings. The SMILES string of the molecule is CCNCC1=C(c2ccccc2Cl)S(=O)(=O)NC12CCCCC2. The fraction of sp³-hybridized carbons (Fsp3) is 0.529. The minimum absolute atomic E-state index is 0.381. The van der Waals surface area contributed by atoms with E-state index in [4.69, 9.17) is 11.6 Å². The summed E-state index contributed by atoms with van der Waals surface area (Å²) in [5.41, 5.74) is 1.12. The third-order valence-corrected chi connectivity index (χ3v) is 6.82. The molecule has 0 saturated heterocycles. The summed E-state index contributed by atoms with van der Waals surface area (Å²) in [4.78, 5) is 0.381. The number of sulfonamides is 1. The quantitative estimate of drug-likeness (QED) is 0.872. The molecule has 4 nitrogen and oxygen atoms in total. The van der Waals surface area contributed by atoms with E-state index < -0.39 is 15.6 Å². The van der Waals surface area contributed by atoms with E-state index in [1.54, 1.807) is 12.1 Å². The van der Waals surface area contributed by atoms with Gasteiger partial charge in [-0.15, -0.1) is 0 Å². The second-order valence-corrected chi connectivity index (χ2v) is 8.34. The number of halogens is 1. The van der Waals surface area contributed by atoms with Crippen LogP contribution in [0.5, 0.6) is 0 Å². The Balaban J connectivity index is 2.19. The molecule has 0 bridgehead atoms. The molecule has 1 aromatic carbocycles. The monoisotopic (exact) mass is 354 g/mol. The van der Waals surface area contributed by atoms with Crippen LogP contribution >= 0.6 is 11.6 Å². The Morgan fingerprint density at radius 2 is 1.91 bits per heavy atom. The van der Waals surface area contributed by atoms with E-state index in [2.05, 4.69) is 10.0 Å². The van der Waals surface area contributed by atoms with Crippen molar-refractivity contribution in [2.45, 2.75) is 44.6 Å². The minimum atomic E-state index is -3.55. The van der Waals surface area contributed by atoms with Crippen LogP contribution in [0, 0.1) is 0 Å². The third kappa shape index (κ3) is 3.07. The number of hydrogen-bond donors (Lipinski definition) is 2. The van der Waals surface area contributed by atoms with Gasteiger partial charge in [0.1, 0.15) is 0 Å². The van der Waals surface area contributed by atoms with Crippen molar-refractivity contribution in [1.82, 2.24) is 10.0 Å². The number of hydrogen-bond acceptors (Lipinski definition) is 3. The summed E-state index contributed by atoms with van der Waals surface area (Å²) in [5.74, 6) is 0. The van der Waals surface area contributed by atoms with Gasteiger partial charge in [0.15, 0.2) is 0 Å². The van der Waals surface area contributed by atoms with Crippen LogP contribution in [0.3, 0.4) is 0 Å². The maximum Gasteiger partial charge on any atom is 0.242 e. The van der Waals surface area contributed by atoms with Crippen LogP contribution in [0.2, 0.25) is 5.02 Å². The first-order valence-electron chi connectivity index (χ1n) is 8.23. The molecule has 6 heteroatoms. The van der Waals surface area contributed by atoms with Gasteiger partial charge in [-0.1, -0.05) is 56.0 Å². The van der Waals surface area contributed by atoms with E-state index in [1.807, 2.05) is 19.1 Å². The molecule has 2 aliphatic rings. The van der Waals surface area contributed by atoms with Gasteiger partial charge in [0.2, 0.25) is 10.0 Å². The maximum absolute atomic E-state index is 12.9. The molecule has 0 unspecified atom stereocenters. The lowest BCUT2D eigenvalue weighted by Gasteiger charge is -2.35. The molecule has 1 spiro atoms. The van der Waals surface area contributed by atoms with E-state index in [1.165, 1.54) is 6.42 Å². The van der Waals surface area contributed by atoms with Crippen molar-refractivity contribution < 1.29 is 8.42 Å². The molecular weight excluding hydrogens is 332 g/mol. The lowest BCUT2D eigenvalue weighted by molar-refractivity contribution is 0.315. The molecule has 1 aliphatic heterocycles. The van der Waals surface area contributed by atoms with Crippen molar-refractivity contribution in [3.63, 3.8) is 0 Å². The maximum atomic E-state index is 12.9. The average molecular weight is 355 g/mol. The standard InChI is InChI=1S/C17H23ClN2O2S/c1-2-19-12-14-16(13-8-4-5-9-15(13)18)23(21,22)20-17(14)10-6-3-7-11-17/h4-5,8-9,19-20H,2-3,6-7,10-12H2,1H3. The van der Waals surface area contributed by atoms with Crippen molar-refractivity contribution in [2.24, 2.45) is 0 Å². The smallest absolute Gasteiger partial charge is 0.242 e. The van der Waals surface area contributed by atoms with E-state index in [0.717, 1.165) is 37.8 Å². The van der Waals surface area contributed by atoms with Crippen LogP contribution in [-0.4, -0.2) is 27.0 Å². The second-order valence-electron chi connectivity index (χ2n) is 6.32. The molecule has 0 atom stereocenters. The molecule has 1 heterocycles. The largest absolute Gasteiger partial charge is 0.313 e. The topological polar surface area (TPSA) is 58.2 Å². The fourth-order valence-corrected chi connectivity index (χ4v) is 6.05. The van der Waals surface area contributed by atoms with Gasteiger partial charge in [0.25, 0.3) is 0 Å². The Morgan fingerprint density at radius 1 is 1.22 bits per heavy atom. The Bertz CT molecular complexity index is 722. The number of nitrogens with one attached hydrogen (secondary N) is 2. The Kier molecular flexibility index (Phi) is 4.83. The van der Waals surface area contributed by atoms with Gasteiger partial charge in [0, 0.05) is 17.1 Å².